The maximum Gasteiger partial charge on any atom is 0.0252 e. The predicted molar refractivity (Wildman–Crippen MR) is 72.6 cm³/mol. The Hall–Kier alpha value is 0.310. The van der Waals surface area contributed by atoms with E-state index in [4.69, 9.17) is 0 Å². The van der Waals surface area contributed by atoms with Crippen LogP contribution in [0.15, 0.2) is 27.1 Å². The fourth-order valence-electron chi connectivity index (χ4n) is 1.05. The Bertz CT molecular complexity index is 355. The largest absolute Gasteiger partial charge is 0.823 e. The summed E-state index contributed by atoms with van der Waals surface area (Å²) in [6, 6.07) is 5.69. The Morgan fingerprint density at radius 2 is 1.87 bits per heavy atom. The van der Waals surface area contributed by atoms with E-state index in [2.05, 4.69) is 45.7 Å². The molecule has 1 nitrogen and oxygen atoms in total. The van der Waals surface area contributed by atoms with Crippen LogP contribution in [-0.2, 0) is 0 Å². The summed E-state index contributed by atoms with van der Waals surface area (Å²) in [5.74, 6) is 0.553. The molecule has 0 saturated carbocycles. The minimum atomic E-state index is 0.169. The molecule has 0 aromatic heterocycles. The minimum absolute atomic E-state index is 0.169. The van der Waals surface area contributed by atoms with Crippen LogP contribution in [0.25, 0.3) is 0 Å². The van der Waals surface area contributed by atoms with E-state index in [1.54, 1.807) is 0 Å². The van der Waals surface area contributed by atoms with Crippen LogP contribution in [0, 0.1) is 5.92 Å². The first-order valence-corrected chi connectivity index (χ1v) is 7.34. The third-order valence-corrected chi connectivity index (χ3v) is 4.52. The van der Waals surface area contributed by atoms with Gasteiger partial charge in [0.1, 0.15) is 0 Å². The summed E-state index contributed by atoms with van der Waals surface area (Å²) >= 11 is 6.80. The lowest BCUT2D eigenvalue weighted by Gasteiger charge is -2.16. The monoisotopic (exact) mass is 349 g/mol. The van der Waals surface area contributed by atoms with Crippen molar-refractivity contribution in [2.45, 2.75) is 13.8 Å². The van der Waals surface area contributed by atoms with Crippen molar-refractivity contribution in [3.8, 4) is 0 Å². The molecule has 0 N–H and O–H groups in total. The van der Waals surface area contributed by atoms with E-state index in [-0.39, 0.29) is 5.48 Å². The van der Waals surface area contributed by atoms with E-state index in [1.807, 2.05) is 18.2 Å². The minimum Gasteiger partial charge on any atom is -0.823 e. The molecule has 0 amide bonds. The molecule has 0 heterocycles. The predicted octanol–water partition coefficient (Wildman–Crippen LogP) is 3.65. The van der Waals surface area contributed by atoms with Crippen molar-refractivity contribution < 1.29 is 5.11 Å². The molecule has 0 aliphatic carbocycles. The third-order valence-electron chi connectivity index (χ3n) is 1.78. The zero-order valence-electron chi connectivity index (χ0n) is 8.63. The lowest BCUT2D eigenvalue weighted by Crippen LogP contribution is -2.18. The fraction of sp³-hybridized carbons (Fsp3) is 0.364. The van der Waals surface area contributed by atoms with Crippen LogP contribution in [0.2, 0.25) is 0 Å². The first-order chi connectivity index (χ1) is 7.02. The maximum atomic E-state index is 11.9. The van der Waals surface area contributed by atoms with Crippen molar-refractivity contribution in [3.63, 3.8) is 0 Å². The highest BCUT2D eigenvalue weighted by atomic mass is 79.9. The zero-order chi connectivity index (χ0) is 11.4. The third kappa shape index (κ3) is 3.99. The number of hydrogen-bond donors (Lipinski definition) is 0. The van der Waals surface area contributed by atoms with Gasteiger partial charge in [0.05, 0.1) is 0 Å². The van der Waals surface area contributed by atoms with Gasteiger partial charge in [-0.15, -0.1) is 13.7 Å². The number of benzene rings is 1. The highest BCUT2D eigenvalue weighted by molar-refractivity contribution is 9.11. The van der Waals surface area contributed by atoms with Crippen LogP contribution in [0.5, 0.6) is 0 Å². The van der Waals surface area contributed by atoms with Crippen LogP contribution in [0.3, 0.4) is 0 Å². The second-order valence-electron chi connectivity index (χ2n) is 3.64. The molecule has 0 unspecified atom stereocenters. The average molecular weight is 351 g/mol. The van der Waals surface area contributed by atoms with Crippen molar-refractivity contribution >= 4 is 45.5 Å². The SMILES string of the molecule is CC(C)CP=C([O-])c1c(Br)cccc1Br. The van der Waals surface area contributed by atoms with E-state index in [0.717, 1.165) is 28.9 Å². The van der Waals surface area contributed by atoms with E-state index in [1.165, 1.54) is 0 Å². The van der Waals surface area contributed by atoms with Crippen molar-refractivity contribution in [1.82, 2.24) is 0 Å². The topological polar surface area (TPSA) is 23.1 Å². The van der Waals surface area contributed by atoms with Gasteiger partial charge in [-0.05, 0) is 29.8 Å². The molecule has 1 aromatic carbocycles. The molecular formula is C11H12Br2OP-. The summed E-state index contributed by atoms with van der Waals surface area (Å²) in [4.78, 5) is 0. The zero-order valence-corrected chi connectivity index (χ0v) is 12.7. The van der Waals surface area contributed by atoms with Gasteiger partial charge in [0.25, 0.3) is 0 Å². The van der Waals surface area contributed by atoms with Crippen molar-refractivity contribution in [3.05, 3.63) is 32.7 Å². The van der Waals surface area contributed by atoms with Gasteiger partial charge in [-0.25, -0.2) is 0 Å². The second kappa shape index (κ2) is 6.15. The molecule has 0 bridgehead atoms. The second-order valence-corrected chi connectivity index (χ2v) is 6.43. The summed E-state index contributed by atoms with van der Waals surface area (Å²) in [5.41, 5.74) is 0.919. The fourth-order valence-corrected chi connectivity index (χ4v) is 3.64. The summed E-state index contributed by atoms with van der Waals surface area (Å²) in [6.45, 7) is 4.24. The van der Waals surface area contributed by atoms with Crippen LogP contribution in [0.4, 0.5) is 0 Å². The van der Waals surface area contributed by atoms with Gasteiger partial charge in [0, 0.05) is 8.95 Å². The molecule has 4 heteroatoms. The van der Waals surface area contributed by atoms with E-state index in [0.29, 0.717) is 5.92 Å². The summed E-state index contributed by atoms with van der Waals surface area (Å²) < 4.78 is 1.72. The molecule has 0 saturated heterocycles. The molecule has 1 rings (SSSR count). The molecule has 0 atom stereocenters. The van der Waals surface area contributed by atoms with Gasteiger partial charge in [0.2, 0.25) is 0 Å². The van der Waals surface area contributed by atoms with Gasteiger partial charge in [-0.3, -0.25) is 0 Å². The molecule has 0 aliphatic heterocycles. The molecule has 0 fully saturated rings. The van der Waals surface area contributed by atoms with Gasteiger partial charge in [0.15, 0.2) is 0 Å². The smallest absolute Gasteiger partial charge is 0.0252 e. The van der Waals surface area contributed by atoms with Crippen LogP contribution in [-0.4, -0.2) is 11.6 Å². The quantitative estimate of drug-likeness (QED) is 0.763. The lowest BCUT2D eigenvalue weighted by molar-refractivity contribution is -0.207. The van der Waals surface area contributed by atoms with Crippen LogP contribution in [0.1, 0.15) is 19.4 Å². The van der Waals surface area contributed by atoms with Gasteiger partial charge >= 0.3 is 0 Å². The van der Waals surface area contributed by atoms with E-state index >= 15 is 0 Å². The van der Waals surface area contributed by atoms with Crippen molar-refractivity contribution in [1.29, 1.82) is 0 Å². The van der Waals surface area contributed by atoms with Gasteiger partial charge in [-0.1, -0.05) is 51.8 Å². The van der Waals surface area contributed by atoms with Crippen molar-refractivity contribution in [2.24, 2.45) is 5.92 Å². The number of halogens is 2. The first-order valence-electron chi connectivity index (χ1n) is 4.68. The Morgan fingerprint density at radius 3 is 2.33 bits per heavy atom. The molecular weight excluding hydrogens is 339 g/mol. The van der Waals surface area contributed by atoms with Gasteiger partial charge < -0.3 is 5.11 Å². The number of hydrogen-bond acceptors (Lipinski definition) is 1. The molecule has 1 aromatic rings. The normalized spacial score (nSPS) is 12.3. The maximum absolute atomic E-state index is 11.9. The Morgan fingerprint density at radius 1 is 1.33 bits per heavy atom. The molecule has 0 aliphatic rings. The van der Waals surface area contributed by atoms with Crippen LogP contribution >= 0.6 is 40.1 Å². The molecule has 0 spiro atoms. The summed E-state index contributed by atoms with van der Waals surface area (Å²) in [6.07, 6.45) is 0.909. The highest BCUT2D eigenvalue weighted by Crippen LogP contribution is 2.26. The van der Waals surface area contributed by atoms with Crippen LogP contribution < -0.4 is 5.11 Å². The average Bonchev–Trinajstić information content (AvgIpc) is 2.14. The Labute approximate surface area is 109 Å². The first kappa shape index (κ1) is 13.4. The van der Waals surface area contributed by atoms with E-state index < -0.39 is 0 Å². The Kier molecular flexibility index (Phi) is 5.48. The summed E-state index contributed by atoms with van der Waals surface area (Å²) in [7, 11) is 0.862. The standard InChI is InChI=1S/C11H13Br2OP/c1-7(2)6-15-11(14)10-8(12)4-3-5-9(10)13/h3-5,7,14H,6H2,1-2H3/p-1. The summed E-state index contributed by atoms with van der Waals surface area (Å²) in [5, 5.41) is 11.9. The number of rotatable bonds is 3. The molecule has 0 radical (unpaired) electrons. The van der Waals surface area contributed by atoms with E-state index in [9.17, 15) is 5.11 Å². The highest BCUT2D eigenvalue weighted by Gasteiger charge is 2.02. The Balaban J connectivity index is 3.00. The van der Waals surface area contributed by atoms with Gasteiger partial charge in [-0.2, -0.15) is 0 Å². The lowest BCUT2D eigenvalue weighted by atomic mass is 10.2. The molecule has 15 heavy (non-hydrogen) atoms. The van der Waals surface area contributed by atoms with Crippen molar-refractivity contribution in [2.75, 3.05) is 6.16 Å². The molecule has 82 valence electrons.